The molecule has 2 heterocycles. The van der Waals surface area contributed by atoms with Crippen LogP contribution in [-0.2, 0) is 6.42 Å². The van der Waals surface area contributed by atoms with Gasteiger partial charge in [0.05, 0.1) is 16.8 Å². The summed E-state index contributed by atoms with van der Waals surface area (Å²) in [6.07, 6.45) is 7.82. The van der Waals surface area contributed by atoms with Crippen molar-refractivity contribution in [3.63, 3.8) is 0 Å². The number of rotatable bonds is 3. The van der Waals surface area contributed by atoms with Gasteiger partial charge in [-0.1, -0.05) is 42.1 Å². The number of aliphatic imine (C=N–C) groups is 1. The number of fused-ring (bicyclic) bond motifs is 1. The first kappa shape index (κ1) is 15.7. The van der Waals surface area contributed by atoms with Crippen LogP contribution in [0, 0.1) is 0 Å². The zero-order valence-corrected chi connectivity index (χ0v) is 16.1. The fraction of sp³-hybridized carbons (Fsp3) is 0.556. The van der Waals surface area contributed by atoms with Crippen LogP contribution in [0.3, 0.4) is 0 Å². The number of aromatic nitrogens is 2. The smallest absolute Gasteiger partial charge is 0.0811 e. The Kier molecular flexibility index (Phi) is 4.26. The molecule has 124 valence electrons. The van der Waals surface area contributed by atoms with E-state index in [1.807, 2.05) is 0 Å². The predicted molar refractivity (Wildman–Crippen MR) is 105 cm³/mol. The molecule has 5 heteroatoms. The van der Waals surface area contributed by atoms with Gasteiger partial charge < -0.3 is 0 Å². The highest BCUT2D eigenvalue weighted by atomic mass is 79.9. The summed E-state index contributed by atoms with van der Waals surface area (Å²) < 4.78 is 3.56. The van der Waals surface area contributed by atoms with Crippen molar-refractivity contribution in [2.24, 2.45) is 4.99 Å². The third-order valence-electron chi connectivity index (χ3n) is 5.28. The topological polar surface area (TPSA) is 30.2 Å². The molecule has 0 amide bonds. The summed E-state index contributed by atoms with van der Waals surface area (Å²) in [5.74, 6) is 1.18. The third-order valence-corrected chi connectivity index (χ3v) is 9.67. The van der Waals surface area contributed by atoms with E-state index in [9.17, 15) is 0 Å². The van der Waals surface area contributed by atoms with Gasteiger partial charge in [-0.15, -0.1) is 10.2 Å². The second-order valence-corrected chi connectivity index (χ2v) is 10.8. The van der Waals surface area contributed by atoms with Gasteiger partial charge in [0.15, 0.2) is 0 Å². The Morgan fingerprint density at radius 3 is 2.78 bits per heavy atom. The first-order chi connectivity index (χ1) is 11.2. The van der Waals surface area contributed by atoms with Gasteiger partial charge in [0.2, 0.25) is 0 Å². The molecular formula is C18H24BrN3S. The molecular weight excluding hydrogens is 370 g/mol. The van der Waals surface area contributed by atoms with Gasteiger partial charge in [-0.05, 0) is 37.5 Å². The fourth-order valence-electron chi connectivity index (χ4n) is 4.08. The van der Waals surface area contributed by atoms with Crippen molar-refractivity contribution in [2.45, 2.75) is 50.7 Å². The normalized spacial score (nSPS) is 28.3. The zero-order chi connectivity index (χ0) is 15.9. The number of nitrogens with zero attached hydrogens (tertiary/aromatic N) is 3. The standard InChI is InChI=1S/C18H24BrN3S/c1-2-17-16-9-8-14(19)12-18(16)22(21-17)23(11-10-20-13-23)15-6-4-3-5-7-15/h8-9,12-13,15H,2-7,10-11H2,1H3. The molecule has 0 spiro atoms. The number of hydrogen-bond donors (Lipinski definition) is 0. The van der Waals surface area contributed by atoms with Crippen LogP contribution in [0.2, 0.25) is 0 Å². The number of hydrogen-bond acceptors (Lipinski definition) is 2. The summed E-state index contributed by atoms with van der Waals surface area (Å²) in [6.45, 7) is 3.18. The molecule has 1 fully saturated rings. The lowest BCUT2D eigenvalue weighted by Gasteiger charge is -2.43. The maximum atomic E-state index is 5.12. The lowest BCUT2D eigenvalue weighted by molar-refractivity contribution is 0.511. The molecule has 23 heavy (non-hydrogen) atoms. The van der Waals surface area contributed by atoms with Gasteiger partial charge in [0.25, 0.3) is 0 Å². The Hall–Kier alpha value is -0.810. The van der Waals surface area contributed by atoms with Crippen molar-refractivity contribution in [3.8, 4) is 0 Å². The van der Waals surface area contributed by atoms with Crippen molar-refractivity contribution in [2.75, 3.05) is 12.3 Å². The first-order valence-corrected chi connectivity index (χ1v) is 11.4. The Labute approximate surface area is 148 Å². The molecule has 2 aliphatic rings. The molecule has 1 aromatic carbocycles. The van der Waals surface area contributed by atoms with Crippen LogP contribution in [0.25, 0.3) is 10.9 Å². The van der Waals surface area contributed by atoms with Crippen LogP contribution in [0.5, 0.6) is 0 Å². The SMILES string of the molecule is CCc1nn(S2(C3CCCCC3)C=NCC2)c2cc(Br)ccc12. The molecule has 2 aromatic rings. The molecule has 1 aromatic heterocycles. The van der Waals surface area contributed by atoms with Gasteiger partial charge in [-0.3, -0.25) is 4.99 Å². The van der Waals surface area contributed by atoms with Crippen LogP contribution in [-0.4, -0.2) is 32.3 Å². The highest BCUT2D eigenvalue weighted by Crippen LogP contribution is 2.58. The zero-order valence-electron chi connectivity index (χ0n) is 13.7. The molecule has 1 unspecified atom stereocenters. The van der Waals surface area contributed by atoms with Gasteiger partial charge >= 0.3 is 0 Å². The summed E-state index contributed by atoms with van der Waals surface area (Å²) in [4.78, 5) is 4.69. The molecule has 0 saturated heterocycles. The van der Waals surface area contributed by atoms with E-state index < -0.39 is 10.2 Å². The van der Waals surface area contributed by atoms with Crippen molar-refractivity contribution in [1.82, 2.24) is 9.19 Å². The van der Waals surface area contributed by atoms with E-state index in [1.165, 1.54) is 54.5 Å². The fourth-order valence-corrected chi connectivity index (χ4v) is 8.26. The van der Waals surface area contributed by atoms with E-state index in [0.717, 1.165) is 22.7 Å². The highest BCUT2D eigenvalue weighted by molar-refractivity contribution is 9.10. The lowest BCUT2D eigenvalue weighted by Crippen LogP contribution is -2.29. The molecule has 0 radical (unpaired) electrons. The summed E-state index contributed by atoms with van der Waals surface area (Å²) >= 11 is 3.65. The molecule has 1 aliphatic heterocycles. The minimum Gasteiger partial charge on any atom is -0.285 e. The molecule has 4 rings (SSSR count). The second kappa shape index (κ2) is 6.25. The first-order valence-electron chi connectivity index (χ1n) is 8.72. The van der Waals surface area contributed by atoms with Gasteiger partial charge in [-0.2, -0.15) is 5.10 Å². The van der Waals surface area contributed by atoms with E-state index in [4.69, 9.17) is 10.1 Å². The Bertz CT molecular complexity index is 748. The highest BCUT2D eigenvalue weighted by Gasteiger charge is 2.38. The average Bonchev–Trinajstić information content (AvgIpc) is 3.20. The third kappa shape index (κ3) is 2.56. The van der Waals surface area contributed by atoms with Crippen LogP contribution >= 0.6 is 26.1 Å². The summed E-state index contributed by atoms with van der Waals surface area (Å²) in [7, 11) is -1.08. The van der Waals surface area contributed by atoms with Crippen molar-refractivity contribution in [1.29, 1.82) is 0 Å². The monoisotopic (exact) mass is 393 g/mol. The van der Waals surface area contributed by atoms with Crippen molar-refractivity contribution >= 4 is 42.6 Å². The molecule has 0 bridgehead atoms. The molecule has 3 nitrogen and oxygen atoms in total. The number of benzene rings is 1. The lowest BCUT2D eigenvalue weighted by atomic mass is 10.0. The largest absolute Gasteiger partial charge is 0.285 e. The molecule has 1 saturated carbocycles. The van der Waals surface area contributed by atoms with Gasteiger partial charge in [-0.25, -0.2) is 4.09 Å². The van der Waals surface area contributed by atoms with E-state index in [-0.39, 0.29) is 0 Å². The van der Waals surface area contributed by atoms with Crippen molar-refractivity contribution < 1.29 is 0 Å². The Morgan fingerprint density at radius 1 is 1.26 bits per heavy atom. The van der Waals surface area contributed by atoms with E-state index >= 15 is 0 Å². The quantitative estimate of drug-likeness (QED) is 0.695. The summed E-state index contributed by atoms with van der Waals surface area (Å²) in [5, 5.41) is 7.20. The minimum atomic E-state index is -1.08. The van der Waals surface area contributed by atoms with Crippen LogP contribution in [0.15, 0.2) is 27.7 Å². The van der Waals surface area contributed by atoms with E-state index in [2.05, 4.69) is 50.7 Å². The van der Waals surface area contributed by atoms with E-state index in [1.54, 1.807) is 0 Å². The van der Waals surface area contributed by atoms with Gasteiger partial charge in [0, 0.05) is 27.4 Å². The molecule has 0 N–H and O–H groups in total. The van der Waals surface area contributed by atoms with E-state index in [0.29, 0.717) is 0 Å². The minimum absolute atomic E-state index is 0.759. The predicted octanol–water partition coefficient (Wildman–Crippen LogP) is 5.30. The average molecular weight is 394 g/mol. The van der Waals surface area contributed by atoms with Crippen LogP contribution < -0.4 is 0 Å². The maximum absolute atomic E-state index is 5.12. The number of aryl methyl sites for hydroxylation is 1. The maximum Gasteiger partial charge on any atom is 0.0811 e. The summed E-state index contributed by atoms with van der Waals surface area (Å²) in [5.41, 5.74) is 4.84. The van der Waals surface area contributed by atoms with Crippen LogP contribution in [0.4, 0.5) is 0 Å². The molecule has 1 aliphatic carbocycles. The Morgan fingerprint density at radius 2 is 2.09 bits per heavy atom. The molecule has 1 atom stereocenters. The Balaban J connectivity index is 1.91. The summed E-state index contributed by atoms with van der Waals surface area (Å²) in [6, 6.07) is 6.62. The second-order valence-electron chi connectivity index (χ2n) is 6.62. The number of halogens is 1. The van der Waals surface area contributed by atoms with Crippen LogP contribution in [0.1, 0.15) is 44.7 Å². The van der Waals surface area contributed by atoms with Gasteiger partial charge in [0.1, 0.15) is 0 Å². The van der Waals surface area contributed by atoms with Crippen molar-refractivity contribution in [3.05, 3.63) is 28.4 Å².